The first kappa shape index (κ1) is 17.8. The van der Waals surface area contributed by atoms with Crippen molar-refractivity contribution in [1.82, 2.24) is 16.0 Å². The minimum absolute atomic E-state index is 0.122. The number of aliphatic imine (C=N–C) groups is 1. The number of rotatable bonds is 7. The number of carbonyl (C=O) groups excluding carboxylic acids is 1. The Morgan fingerprint density at radius 2 is 2.15 bits per heavy atom. The Hall–Kier alpha value is -2.96. The summed E-state index contributed by atoms with van der Waals surface area (Å²) >= 11 is 0. The molecule has 0 aliphatic carbocycles. The molecule has 138 valence electrons. The van der Waals surface area contributed by atoms with E-state index in [0.717, 1.165) is 37.5 Å². The molecule has 0 radical (unpaired) electrons. The Balaban J connectivity index is 1.36. The fourth-order valence-electron chi connectivity index (χ4n) is 2.77. The lowest BCUT2D eigenvalue weighted by Gasteiger charge is -2.12. The molecule has 0 bridgehead atoms. The maximum Gasteiger partial charge on any atom is 0.239 e. The van der Waals surface area contributed by atoms with E-state index in [1.807, 2.05) is 12.1 Å². The third-order valence-corrected chi connectivity index (χ3v) is 4.14. The van der Waals surface area contributed by atoms with E-state index in [4.69, 9.17) is 9.15 Å². The van der Waals surface area contributed by atoms with Crippen LogP contribution in [0.2, 0.25) is 0 Å². The summed E-state index contributed by atoms with van der Waals surface area (Å²) < 4.78 is 10.7. The first-order valence-corrected chi connectivity index (χ1v) is 8.73. The Bertz CT molecular complexity index is 756. The van der Waals surface area contributed by atoms with Gasteiger partial charge in [0.2, 0.25) is 5.91 Å². The summed E-state index contributed by atoms with van der Waals surface area (Å²) in [6.07, 6.45) is 3.44. The Morgan fingerprint density at radius 1 is 1.23 bits per heavy atom. The van der Waals surface area contributed by atoms with Gasteiger partial charge in [0.25, 0.3) is 0 Å². The predicted octanol–water partition coefficient (Wildman–Crippen LogP) is 1.24. The molecule has 1 amide bonds. The van der Waals surface area contributed by atoms with Crippen molar-refractivity contribution in [2.45, 2.75) is 19.4 Å². The number of benzene rings is 1. The molecule has 0 fully saturated rings. The lowest BCUT2D eigenvalue weighted by atomic mass is 10.1. The highest BCUT2D eigenvalue weighted by Gasteiger charge is 2.11. The first-order valence-electron chi connectivity index (χ1n) is 8.73. The van der Waals surface area contributed by atoms with Gasteiger partial charge in [-0.1, -0.05) is 12.1 Å². The van der Waals surface area contributed by atoms with Gasteiger partial charge in [-0.15, -0.1) is 0 Å². The highest BCUT2D eigenvalue weighted by Crippen LogP contribution is 2.25. The molecule has 1 aromatic heterocycles. The summed E-state index contributed by atoms with van der Waals surface area (Å²) in [6.45, 7) is 2.03. The minimum Gasteiger partial charge on any atom is -0.493 e. The largest absolute Gasteiger partial charge is 0.493 e. The number of hydrogen-bond donors (Lipinski definition) is 3. The van der Waals surface area contributed by atoms with Crippen LogP contribution < -0.4 is 20.7 Å². The van der Waals surface area contributed by atoms with Crippen LogP contribution >= 0.6 is 0 Å². The molecular formula is C19H24N4O3. The van der Waals surface area contributed by atoms with Gasteiger partial charge in [-0.25, -0.2) is 0 Å². The highest BCUT2D eigenvalue weighted by molar-refractivity contribution is 5.86. The molecule has 7 nitrogen and oxygen atoms in total. The zero-order chi connectivity index (χ0) is 18.2. The van der Waals surface area contributed by atoms with Crippen molar-refractivity contribution in [3.8, 4) is 5.75 Å². The number of guanidine groups is 1. The van der Waals surface area contributed by atoms with Gasteiger partial charge in [0.15, 0.2) is 5.96 Å². The number of ether oxygens (including phenoxy) is 1. The third-order valence-electron chi connectivity index (χ3n) is 4.14. The van der Waals surface area contributed by atoms with Gasteiger partial charge < -0.3 is 25.1 Å². The second kappa shape index (κ2) is 8.94. The number of nitrogens with zero attached hydrogens (tertiary/aromatic N) is 1. The van der Waals surface area contributed by atoms with E-state index in [1.54, 1.807) is 19.4 Å². The summed E-state index contributed by atoms with van der Waals surface area (Å²) in [5.74, 6) is 2.20. The monoisotopic (exact) mass is 356 g/mol. The summed E-state index contributed by atoms with van der Waals surface area (Å²) in [5, 5.41) is 9.00. The zero-order valence-corrected chi connectivity index (χ0v) is 14.9. The molecule has 0 spiro atoms. The molecule has 1 aliphatic heterocycles. The van der Waals surface area contributed by atoms with Crippen molar-refractivity contribution in [2.75, 3.05) is 26.7 Å². The number of carbonyl (C=O) groups is 1. The topological polar surface area (TPSA) is 87.9 Å². The predicted molar refractivity (Wildman–Crippen MR) is 99.3 cm³/mol. The van der Waals surface area contributed by atoms with Crippen molar-refractivity contribution in [3.63, 3.8) is 0 Å². The van der Waals surface area contributed by atoms with Crippen molar-refractivity contribution in [3.05, 3.63) is 53.5 Å². The van der Waals surface area contributed by atoms with E-state index >= 15 is 0 Å². The molecule has 0 saturated heterocycles. The van der Waals surface area contributed by atoms with Crippen LogP contribution in [0, 0.1) is 0 Å². The number of amides is 1. The normalized spacial score (nSPS) is 13.0. The second-order valence-corrected chi connectivity index (χ2v) is 6.00. The van der Waals surface area contributed by atoms with Gasteiger partial charge in [-0.2, -0.15) is 0 Å². The Morgan fingerprint density at radius 3 is 2.96 bits per heavy atom. The van der Waals surface area contributed by atoms with Crippen LogP contribution in [0.25, 0.3) is 0 Å². The van der Waals surface area contributed by atoms with E-state index in [-0.39, 0.29) is 12.5 Å². The van der Waals surface area contributed by atoms with Crippen LogP contribution in [0.5, 0.6) is 5.75 Å². The van der Waals surface area contributed by atoms with Crippen molar-refractivity contribution < 1.29 is 13.9 Å². The number of hydrogen-bond acceptors (Lipinski definition) is 4. The van der Waals surface area contributed by atoms with E-state index in [0.29, 0.717) is 12.5 Å². The molecular weight excluding hydrogens is 332 g/mol. The summed E-state index contributed by atoms with van der Waals surface area (Å²) in [5.41, 5.74) is 2.53. The lowest BCUT2D eigenvalue weighted by Crippen LogP contribution is -2.43. The van der Waals surface area contributed by atoms with Crippen LogP contribution in [0.3, 0.4) is 0 Å². The fraction of sp³-hybridized carbons (Fsp3) is 0.368. The SMILES string of the molecule is CN=C(NCCc1ccc2c(c1)CCO2)NCC(=O)NCc1ccco1. The van der Waals surface area contributed by atoms with Crippen LogP contribution in [0.1, 0.15) is 16.9 Å². The minimum atomic E-state index is -0.122. The van der Waals surface area contributed by atoms with E-state index in [1.165, 1.54) is 11.1 Å². The zero-order valence-electron chi connectivity index (χ0n) is 14.9. The van der Waals surface area contributed by atoms with Crippen LogP contribution in [0.4, 0.5) is 0 Å². The van der Waals surface area contributed by atoms with Crippen molar-refractivity contribution in [1.29, 1.82) is 0 Å². The molecule has 1 aromatic carbocycles. The summed E-state index contributed by atoms with van der Waals surface area (Å²) in [4.78, 5) is 16.0. The second-order valence-electron chi connectivity index (χ2n) is 6.00. The number of nitrogens with one attached hydrogen (secondary N) is 3. The van der Waals surface area contributed by atoms with E-state index in [9.17, 15) is 4.79 Å². The van der Waals surface area contributed by atoms with E-state index < -0.39 is 0 Å². The average Bonchev–Trinajstić information content (AvgIpc) is 3.33. The highest BCUT2D eigenvalue weighted by atomic mass is 16.5. The quantitative estimate of drug-likeness (QED) is 0.513. The summed E-state index contributed by atoms with van der Waals surface area (Å²) in [7, 11) is 1.68. The smallest absolute Gasteiger partial charge is 0.239 e. The van der Waals surface area contributed by atoms with Gasteiger partial charge in [0, 0.05) is 20.0 Å². The molecule has 3 N–H and O–H groups in total. The van der Waals surface area contributed by atoms with Crippen molar-refractivity contribution in [2.24, 2.45) is 4.99 Å². The van der Waals surface area contributed by atoms with E-state index in [2.05, 4.69) is 33.1 Å². The third kappa shape index (κ3) is 5.02. The Kier molecular flexibility index (Phi) is 6.14. The van der Waals surface area contributed by atoms with Gasteiger partial charge >= 0.3 is 0 Å². The molecule has 0 unspecified atom stereocenters. The first-order chi connectivity index (χ1) is 12.7. The van der Waals surface area contributed by atoms with Gasteiger partial charge in [-0.3, -0.25) is 9.79 Å². The van der Waals surface area contributed by atoms with Crippen LogP contribution in [-0.2, 0) is 24.2 Å². The number of furan rings is 1. The standard InChI is InChI=1S/C19H24N4O3/c1-20-19(23-13-18(24)22-12-16-3-2-9-25-16)21-8-6-14-4-5-17-15(11-14)7-10-26-17/h2-5,9,11H,6-8,10,12-13H2,1H3,(H,22,24)(H2,20,21,23). The maximum absolute atomic E-state index is 11.9. The molecule has 3 rings (SSSR count). The van der Waals surface area contributed by atoms with Crippen molar-refractivity contribution >= 4 is 11.9 Å². The average molecular weight is 356 g/mol. The van der Waals surface area contributed by atoms with Gasteiger partial charge in [0.05, 0.1) is 26.0 Å². The molecule has 0 saturated carbocycles. The molecule has 2 heterocycles. The summed E-state index contributed by atoms with van der Waals surface area (Å²) in [6, 6.07) is 9.93. The fourth-order valence-corrected chi connectivity index (χ4v) is 2.77. The number of fused-ring (bicyclic) bond motifs is 1. The molecule has 0 atom stereocenters. The van der Waals surface area contributed by atoms with Crippen LogP contribution in [-0.4, -0.2) is 38.6 Å². The molecule has 26 heavy (non-hydrogen) atoms. The maximum atomic E-state index is 11.9. The molecule has 2 aromatic rings. The molecule has 1 aliphatic rings. The Labute approximate surface area is 152 Å². The van der Waals surface area contributed by atoms with Gasteiger partial charge in [-0.05, 0) is 35.7 Å². The molecule has 7 heteroatoms. The van der Waals surface area contributed by atoms with Crippen LogP contribution in [0.15, 0.2) is 46.0 Å². The lowest BCUT2D eigenvalue weighted by molar-refractivity contribution is -0.120. The van der Waals surface area contributed by atoms with Gasteiger partial charge in [0.1, 0.15) is 11.5 Å².